The number of rotatable bonds is 73. The highest BCUT2D eigenvalue weighted by atomic mass is 31.2. The molecule has 0 heterocycles. The number of phosphoric ester groups is 2. The van der Waals surface area contributed by atoms with Crippen LogP contribution in [0.25, 0.3) is 0 Å². The van der Waals surface area contributed by atoms with Crippen molar-refractivity contribution in [2.75, 3.05) is 39.6 Å². The summed E-state index contributed by atoms with van der Waals surface area (Å²) in [6, 6.07) is 0. The van der Waals surface area contributed by atoms with Crippen molar-refractivity contribution in [3.8, 4) is 0 Å². The second-order valence-corrected chi connectivity index (χ2v) is 28.7. The van der Waals surface area contributed by atoms with E-state index in [-0.39, 0.29) is 19.3 Å². The molecule has 16 nitrogen and oxygen atoms in total. The maximum Gasteiger partial charge on any atom is 0.472 e. The predicted molar refractivity (Wildman–Crippen MR) is 399 cm³/mol. The maximum absolute atomic E-state index is 12.9. The fraction of sp³-hybridized carbons (Fsp3) is 0.759. The van der Waals surface area contributed by atoms with Crippen LogP contribution in [0.1, 0.15) is 329 Å². The summed E-state index contributed by atoms with van der Waals surface area (Å²) in [5, 5.41) is 20.6. The van der Waals surface area contributed by atoms with Crippen LogP contribution < -0.4 is 0 Å². The molecule has 0 aliphatic heterocycles. The van der Waals surface area contributed by atoms with Crippen molar-refractivity contribution in [1.29, 1.82) is 0 Å². The molecule has 97 heavy (non-hydrogen) atoms. The minimum atomic E-state index is -4.93. The van der Waals surface area contributed by atoms with E-state index in [0.717, 1.165) is 128 Å². The van der Waals surface area contributed by atoms with Gasteiger partial charge in [-0.1, -0.05) is 285 Å². The largest absolute Gasteiger partial charge is 0.472 e. The highest BCUT2D eigenvalue weighted by molar-refractivity contribution is 7.47. The van der Waals surface area contributed by atoms with Crippen molar-refractivity contribution in [2.24, 2.45) is 0 Å². The summed E-state index contributed by atoms with van der Waals surface area (Å²) < 4.78 is 61.0. The Kier molecular flexibility index (Phi) is 69.6. The van der Waals surface area contributed by atoms with E-state index in [1.807, 2.05) is 0 Å². The number of carbonyl (C=O) groups excluding carboxylic acids is 3. The van der Waals surface area contributed by atoms with Crippen molar-refractivity contribution in [3.63, 3.8) is 0 Å². The second-order valence-electron chi connectivity index (χ2n) is 25.8. The molecule has 0 aromatic carbocycles. The maximum atomic E-state index is 12.9. The Labute approximate surface area is 590 Å². The fourth-order valence-electron chi connectivity index (χ4n) is 10.4. The van der Waals surface area contributed by atoms with Gasteiger partial charge in [0.25, 0.3) is 0 Å². The number of allylic oxidation sites excluding steroid dienone is 16. The Balaban J connectivity index is 4.43. The van der Waals surface area contributed by atoms with Gasteiger partial charge in [0.2, 0.25) is 0 Å². The quantitative estimate of drug-likeness (QED) is 0.0146. The molecule has 0 aliphatic rings. The zero-order chi connectivity index (χ0) is 70.9. The van der Waals surface area contributed by atoms with Gasteiger partial charge in [0.15, 0.2) is 6.10 Å². The lowest BCUT2D eigenvalue weighted by atomic mass is 10.0. The van der Waals surface area contributed by atoms with Crippen molar-refractivity contribution in [1.82, 2.24) is 0 Å². The summed E-state index contributed by atoms with van der Waals surface area (Å²) in [5.74, 6) is -1.60. The van der Waals surface area contributed by atoms with Crippen molar-refractivity contribution in [3.05, 3.63) is 97.2 Å². The first kappa shape index (κ1) is 93.5. The monoisotopic (exact) mass is 1410 g/mol. The summed E-state index contributed by atoms with van der Waals surface area (Å²) in [4.78, 5) is 58.5. The third-order valence-corrected chi connectivity index (χ3v) is 18.2. The average molecular weight is 1410 g/mol. The predicted octanol–water partition coefficient (Wildman–Crippen LogP) is 22.2. The molecule has 0 amide bonds. The zero-order valence-electron chi connectivity index (χ0n) is 61.2. The molecule has 0 rings (SSSR count). The fourth-order valence-corrected chi connectivity index (χ4v) is 12.0. The second kappa shape index (κ2) is 72.3. The molecule has 0 aromatic heterocycles. The molecule has 5 atom stereocenters. The summed E-state index contributed by atoms with van der Waals surface area (Å²) in [7, 11) is -9.78. The van der Waals surface area contributed by atoms with Gasteiger partial charge in [-0.25, -0.2) is 9.13 Å². The zero-order valence-corrected chi connectivity index (χ0v) is 63.0. The van der Waals surface area contributed by atoms with Crippen LogP contribution in [0.3, 0.4) is 0 Å². The van der Waals surface area contributed by atoms with E-state index in [0.29, 0.717) is 19.3 Å². The number of unbranched alkanes of at least 4 members (excludes halogenated alkanes) is 34. The van der Waals surface area contributed by atoms with E-state index < -0.39 is 91.5 Å². The van der Waals surface area contributed by atoms with Crippen molar-refractivity contribution < 1.29 is 75.8 Å². The van der Waals surface area contributed by atoms with Crippen LogP contribution in [-0.2, 0) is 55.8 Å². The Morgan fingerprint density at radius 2 is 0.546 bits per heavy atom. The van der Waals surface area contributed by atoms with Crippen molar-refractivity contribution >= 4 is 33.6 Å². The molecule has 0 spiro atoms. The van der Waals surface area contributed by atoms with Gasteiger partial charge in [-0.05, 0) is 122 Å². The van der Waals surface area contributed by atoms with Gasteiger partial charge in [0, 0.05) is 19.3 Å². The lowest BCUT2D eigenvalue weighted by molar-refractivity contribution is -0.161. The molecule has 0 bridgehead atoms. The number of aliphatic hydroxyl groups is 2. The number of esters is 3. The molecule has 0 saturated heterocycles. The van der Waals surface area contributed by atoms with Gasteiger partial charge >= 0.3 is 33.6 Å². The van der Waals surface area contributed by atoms with Gasteiger partial charge < -0.3 is 34.2 Å². The third-order valence-electron chi connectivity index (χ3n) is 16.3. The minimum Gasteiger partial charge on any atom is -0.463 e. The number of ether oxygens (including phenoxy) is 3. The summed E-state index contributed by atoms with van der Waals surface area (Å²) >= 11 is 0. The molecule has 0 radical (unpaired) electrons. The van der Waals surface area contributed by atoms with Gasteiger partial charge in [-0.15, -0.1) is 0 Å². The first-order chi connectivity index (χ1) is 47.2. The van der Waals surface area contributed by atoms with E-state index in [1.54, 1.807) is 0 Å². The minimum absolute atomic E-state index is 0.0915. The van der Waals surface area contributed by atoms with Crippen LogP contribution in [0.5, 0.6) is 0 Å². The van der Waals surface area contributed by atoms with Gasteiger partial charge in [0.1, 0.15) is 25.4 Å². The molecule has 562 valence electrons. The lowest BCUT2D eigenvalue weighted by Crippen LogP contribution is -2.30. The molecule has 0 saturated carbocycles. The average Bonchev–Trinajstić information content (AvgIpc) is 3.75. The summed E-state index contributed by atoms with van der Waals surface area (Å²) in [6.07, 6.45) is 81.9. The van der Waals surface area contributed by atoms with E-state index in [2.05, 4.69) is 118 Å². The normalized spacial score (nSPS) is 14.6. The van der Waals surface area contributed by atoms with Crippen LogP contribution in [0, 0.1) is 0 Å². The molecule has 4 N–H and O–H groups in total. The van der Waals surface area contributed by atoms with E-state index in [9.17, 15) is 43.5 Å². The third kappa shape index (κ3) is 73.5. The summed E-state index contributed by atoms with van der Waals surface area (Å²) in [6.45, 7) is 2.53. The van der Waals surface area contributed by atoms with Crippen LogP contribution >= 0.6 is 15.6 Å². The number of hydrogen-bond donors (Lipinski definition) is 4. The molecule has 5 unspecified atom stereocenters. The van der Waals surface area contributed by atoms with Gasteiger partial charge in [0.05, 0.1) is 26.4 Å². The van der Waals surface area contributed by atoms with E-state index >= 15 is 0 Å². The molecule has 0 aromatic rings. The van der Waals surface area contributed by atoms with Gasteiger partial charge in [-0.2, -0.15) is 0 Å². The first-order valence-corrected chi connectivity index (χ1v) is 41.5. The van der Waals surface area contributed by atoms with E-state index in [4.69, 9.17) is 32.3 Å². The standard InChI is InChI=1S/C79H140O16P2/c1-4-7-10-13-16-19-22-25-28-29-30-31-32-33-34-35-36-37-38-39-40-41-42-43-46-48-50-53-56-59-62-65-77(82)89-68-74(80)69-91-96(85,86)92-70-75(81)71-93-97(87,88)94-73-76(95-79(84)67-64-61-58-55-52-49-45-27-24-21-18-15-12-9-6-3)72-90-78(83)66-63-60-57-54-51-47-44-26-23-20-17-14-11-8-5-2/h8,11,16-17,19-20,25-28,30-31,33-34,44-45,74-76,80-81H,4-7,9-10,12-15,18,21-24,29,32,35-43,46-73H2,1-3H3,(H,85,86)(H,87,88)/b11-8-,19-16-,20-17-,28-25-,31-30-,34-33-,44-26-,45-27-. The van der Waals surface area contributed by atoms with Gasteiger partial charge in [-0.3, -0.25) is 32.5 Å². The Morgan fingerprint density at radius 1 is 0.299 bits per heavy atom. The van der Waals surface area contributed by atoms with Crippen LogP contribution in [0.15, 0.2) is 97.2 Å². The van der Waals surface area contributed by atoms with E-state index in [1.165, 1.54) is 141 Å². The molecule has 0 fully saturated rings. The molecular formula is C79H140O16P2. The van der Waals surface area contributed by atoms with Crippen molar-refractivity contribution in [2.45, 2.75) is 347 Å². The topological polar surface area (TPSA) is 231 Å². The number of carbonyl (C=O) groups is 3. The van der Waals surface area contributed by atoms with Crippen LogP contribution in [0.2, 0.25) is 0 Å². The lowest BCUT2D eigenvalue weighted by Gasteiger charge is -2.21. The SMILES string of the molecule is CC/C=C\C/C=C\C/C=C\CCCCCCCC(=O)OCC(COP(=O)(O)OCC(O)COP(=O)(O)OCC(O)COC(=O)CCCCCCCCCCCCCCCCC/C=C\C/C=C\C/C=C\C/C=C\CCCCC)OC(=O)CCCCCCC/C=C\CCCCCCCC. The molecular weight excluding hydrogens is 1270 g/mol. The number of hydrogen-bond acceptors (Lipinski definition) is 14. The Morgan fingerprint density at radius 3 is 0.897 bits per heavy atom. The molecule has 18 heteroatoms. The number of phosphoric acid groups is 2. The highest BCUT2D eigenvalue weighted by Crippen LogP contribution is 2.45. The highest BCUT2D eigenvalue weighted by Gasteiger charge is 2.29. The van der Waals surface area contributed by atoms with Crippen LogP contribution in [0.4, 0.5) is 0 Å². The molecule has 0 aliphatic carbocycles. The Bertz CT molecular complexity index is 2150. The number of aliphatic hydroxyl groups excluding tert-OH is 2. The summed E-state index contributed by atoms with van der Waals surface area (Å²) in [5.41, 5.74) is 0. The van der Waals surface area contributed by atoms with Crippen LogP contribution in [-0.4, -0.2) is 95.9 Å². The Hall–Kier alpha value is -3.53. The first-order valence-electron chi connectivity index (χ1n) is 38.5. The smallest absolute Gasteiger partial charge is 0.463 e.